The first-order valence-electron chi connectivity index (χ1n) is 6.55. The van der Waals surface area contributed by atoms with Gasteiger partial charge in [0.2, 0.25) is 0 Å². The van der Waals surface area contributed by atoms with Crippen LogP contribution in [0, 0.1) is 17.0 Å². The SMILES string of the molecule is Cc1cc(-c2ccc(CNC(C)C)o2)ccc1[N+](=O)[O-]. The number of benzene rings is 1. The highest BCUT2D eigenvalue weighted by atomic mass is 16.6. The molecule has 0 saturated heterocycles. The van der Waals surface area contributed by atoms with Crippen LogP contribution in [0.1, 0.15) is 25.2 Å². The van der Waals surface area contributed by atoms with Gasteiger partial charge in [0.15, 0.2) is 0 Å². The second-order valence-electron chi connectivity index (χ2n) is 5.06. The van der Waals surface area contributed by atoms with Crippen LogP contribution in [0.5, 0.6) is 0 Å². The van der Waals surface area contributed by atoms with Crippen molar-refractivity contribution in [2.75, 3.05) is 0 Å². The summed E-state index contributed by atoms with van der Waals surface area (Å²) < 4.78 is 5.74. The van der Waals surface area contributed by atoms with Gasteiger partial charge < -0.3 is 9.73 Å². The molecule has 0 fully saturated rings. The molecule has 5 heteroatoms. The second-order valence-corrected chi connectivity index (χ2v) is 5.06. The number of hydrogen-bond acceptors (Lipinski definition) is 4. The quantitative estimate of drug-likeness (QED) is 0.667. The number of hydrogen-bond donors (Lipinski definition) is 1. The van der Waals surface area contributed by atoms with E-state index in [0.29, 0.717) is 18.2 Å². The van der Waals surface area contributed by atoms with Gasteiger partial charge in [0.25, 0.3) is 5.69 Å². The highest BCUT2D eigenvalue weighted by Crippen LogP contribution is 2.27. The maximum atomic E-state index is 10.8. The number of nitrogens with zero attached hydrogens (tertiary/aromatic N) is 1. The van der Waals surface area contributed by atoms with E-state index in [1.807, 2.05) is 12.1 Å². The highest BCUT2D eigenvalue weighted by molar-refractivity contribution is 5.62. The Bertz CT molecular complexity index is 617. The van der Waals surface area contributed by atoms with Crippen molar-refractivity contribution < 1.29 is 9.34 Å². The molecular formula is C15H18N2O3. The van der Waals surface area contributed by atoms with Crippen LogP contribution in [0.4, 0.5) is 5.69 Å². The van der Waals surface area contributed by atoms with Crippen molar-refractivity contribution in [2.24, 2.45) is 0 Å². The highest BCUT2D eigenvalue weighted by Gasteiger charge is 2.12. The van der Waals surface area contributed by atoms with Crippen molar-refractivity contribution in [3.05, 3.63) is 51.8 Å². The van der Waals surface area contributed by atoms with Crippen LogP contribution < -0.4 is 5.32 Å². The lowest BCUT2D eigenvalue weighted by Gasteiger charge is -2.05. The zero-order chi connectivity index (χ0) is 14.7. The summed E-state index contributed by atoms with van der Waals surface area (Å²) in [6, 6.07) is 9.20. The predicted octanol–water partition coefficient (Wildman–Crippen LogP) is 3.66. The van der Waals surface area contributed by atoms with Gasteiger partial charge in [0.05, 0.1) is 11.5 Å². The minimum absolute atomic E-state index is 0.127. The standard InChI is InChI=1S/C15H18N2O3/c1-10(2)16-9-13-5-7-15(20-13)12-4-6-14(17(18)19)11(3)8-12/h4-8,10,16H,9H2,1-3H3. The molecule has 5 nitrogen and oxygen atoms in total. The van der Waals surface area contributed by atoms with Gasteiger partial charge in [-0.1, -0.05) is 13.8 Å². The maximum Gasteiger partial charge on any atom is 0.272 e. The monoisotopic (exact) mass is 274 g/mol. The Balaban J connectivity index is 2.20. The lowest BCUT2D eigenvalue weighted by molar-refractivity contribution is -0.385. The summed E-state index contributed by atoms with van der Waals surface area (Å²) in [6.45, 7) is 6.54. The van der Waals surface area contributed by atoms with E-state index in [9.17, 15) is 10.1 Å². The molecular weight excluding hydrogens is 256 g/mol. The molecule has 1 N–H and O–H groups in total. The van der Waals surface area contributed by atoms with Gasteiger partial charge in [-0.3, -0.25) is 10.1 Å². The molecule has 0 aliphatic heterocycles. The molecule has 0 radical (unpaired) electrons. The third-order valence-electron chi connectivity index (χ3n) is 3.02. The molecule has 0 unspecified atom stereocenters. The van der Waals surface area contributed by atoms with Crippen molar-refractivity contribution in [1.29, 1.82) is 0 Å². The van der Waals surface area contributed by atoms with E-state index in [-0.39, 0.29) is 10.6 Å². The van der Waals surface area contributed by atoms with E-state index in [1.165, 1.54) is 6.07 Å². The zero-order valence-corrected chi connectivity index (χ0v) is 11.8. The van der Waals surface area contributed by atoms with Gasteiger partial charge >= 0.3 is 0 Å². The molecule has 2 rings (SSSR count). The van der Waals surface area contributed by atoms with Gasteiger partial charge in [-0.05, 0) is 31.2 Å². The van der Waals surface area contributed by atoms with Crippen LogP contribution in [-0.4, -0.2) is 11.0 Å². The van der Waals surface area contributed by atoms with Gasteiger partial charge in [-0.2, -0.15) is 0 Å². The molecule has 0 spiro atoms. The van der Waals surface area contributed by atoms with Crippen LogP contribution in [0.25, 0.3) is 11.3 Å². The summed E-state index contributed by atoms with van der Waals surface area (Å²) >= 11 is 0. The van der Waals surface area contributed by atoms with Gasteiger partial charge in [-0.15, -0.1) is 0 Å². The Morgan fingerprint density at radius 2 is 2.05 bits per heavy atom. The summed E-state index contributed by atoms with van der Waals surface area (Å²) in [4.78, 5) is 10.4. The molecule has 0 aliphatic carbocycles. The van der Waals surface area contributed by atoms with Gasteiger partial charge in [0.1, 0.15) is 11.5 Å². The second kappa shape index (κ2) is 5.88. The molecule has 1 aromatic heterocycles. The van der Waals surface area contributed by atoms with Crippen LogP contribution in [0.2, 0.25) is 0 Å². The molecule has 106 valence electrons. The minimum atomic E-state index is -0.376. The third kappa shape index (κ3) is 3.24. The third-order valence-corrected chi connectivity index (χ3v) is 3.02. The number of nitro benzene ring substituents is 1. The average Bonchev–Trinajstić information content (AvgIpc) is 2.84. The van der Waals surface area contributed by atoms with Crippen LogP contribution in [0.15, 0.2) is 34.7 Å². The van der Waals surface area contributed by atoms with Crippen LogP contribution in [0.3, 0.4) is 0 Å². The minimum Gasteiger partial charge on any atom is -0.460 e. The summed E-state index contributed by atoms with van der Waals surface area (Å²) in [7, 11) is 0. The number of furan rings is 1. The maximum absolute atomic E-state index is 10.8. The van der Waals surface area contributed by atoms with Crippen molar-refractivity contribution >= 4 is 5.69 Å². The molecule has 0 amide bonds. The molecule has 1 aromatic carbocycles. The van der Waals surface area contributed by atoms with E-state index in [0.717, 1.165) is 17.1 Å². The van der Waals surface area contributed by atoms with Crippen LogP contribution in [-0.2, 0) is 6.54 Å². The fourth-order valence-electron chi connectivity index (χ4n) is 1.95. The Kier molecular flexibility index (Phi) is 4.20. The lowest BCUT2D eigenvalue weighted by Crippen LogP contribution is -2.21. The number of nitro groups is 1. The van der Waals surface area contributed by atoms with Gasteiger partial charge in [-0.25, -0.2) is 0 Å². The molecule has 0 saturated carbocycles. The van der Waals surface area contributed by atoms with Crippen molar-refractivity contribution in [3.8, 4) is 11.3 Å². The molecule has 0 atom stereocenters. The Morgan fingerprint density at radius 3 is 2.65 bits per heavy atom. The van der Waals surface area contributed by atoms with Crippen molar-refractivity contribution in [1.82, 2.24) is 5.32 Å². The summed E-state index contributed by atoms with van der Waals surface area (Å²) in [5.74, 6) is 1.58. The molecule has 20 heavy (non-hydrogen) atoms. The fraction of sp³-hybridized carbons (Fsp3) is 0.333. The Hall–Kier alpha value is -2.14. The zero-order valence-electron chi connectivity index (χ0n) is 11.8. The molecule has 2 aromatic rings. The van der Waals surface area contributed by atoms with E-state index in [4.69, 9.17) is 4.42 Å². The van der Waals surface area contributed by atoms with E-state index in [2.05, 4.69) is 19.2 Å². The van der Waals surface area contributed by atoms with Gasteiger partial charge in [0, 0.05) is 23.2 Å². The van der Waals surface area contributed by atoms with Crippen molar-refractivity contribution in [3.63, 3.8) is 0 Å². The Labute approximate surface area is 117 Å². The van der Waals surface area contributed by atoms with E-state index >= 15 is 0 Å². The Morgan fingerprint density at radius 1 is 1.30 bits per heavy atom. The molecule has 0 aliphatic rings. The first kappa shape index (κ1) is 14.3. The summed E-state index contributed by atoms with van der Waals surface area (Å²) in [6.07, 6.45) is 0. The number of nitrogens with one attached hydrogen (secondary N) is 1. The normalized spacial score (nSPS) is 11.0. The lowest BCUT2D eigenvalue weighted by atomic mass is 10.1. The fourth-order valence-corrected chi connectivity index (χ4v) is 1.95. The van der Waals surface area contributed by atoms with Crippen LogP contribution >= 0.6 is 0 Å². The number of rotatable bonds is 5. The van der Waals surface area contributed by atoms with Crippen molar-refractivity contribution in [2.45, 2.75) is 33.4 Å². The summed E-state index contributed by atoms with van der Waals surface area (Å²) in [5, 5.41) is 14.1. The number of aryl methyl sites for hydroxylation is 1. The summed E-state index contributed by atoms with van der Waals surface area (Å²) in [5.41, 5.74) is 1.61. The molecule has 1 heterocycles. The smallest absolute Gasteiger partial charge is 0.272 e. The predicted molar refractivity (Wildman–Crippen MR) is 77.5 cm³/mol. The first-order valence-corrected chi connectivity index (χ1v) is 6.55. The average molecular weight is 274 g/mol. The molecule has 0 bridgehead atoms. The topological polar surface area (TPSA) is 68.3 Å². The van der Waals surface area contributed by atoms with E-state index in [1.54, 1.807) is 19.1 Å². The largest absolute Gasteiger partial charge is 0.460 e. The van der Waals surface area contributed by atoms with E-state index < -0.39 is 0 Å². The first-order chi connectivity index (χ1) is 9.47.